The van der Waals surface area contributed by atoms with Gasteiger partial charge in [0.2, 0.25) is 5.91 Å². The second kappa shape index (κ2) is 4.34. The van der Waals surface area contributed by atoms with E-state index in [0.717, 1.165) is 25.1 Å². The summed E-state index contributed by atoms with van der Waals surface area (Å²) in [6.45, 7) is 2.74. The highest BCUT2D eigenvalue weighted by atomic mass is 16.2. The minimum absolute atomic E-state index is 0.120. The van der Waals surface area contributed by atoms with Crippen LogP contribution in [0.4, 0.5) is 0 Å². The standard InChI is InChI=1S/C12H16N2O/c1-2-5-12(15)14-9-4-7-11(14)10-6-3-8-13-10/h2-3,5-6,8,11,13H,4,7,9H2,1H3. The molecule has 0 aromatic carbocycles. The lowest BCUT2D eigenvalue weighted by Crippen LogP contribution is -2.29. The van der Waals surface area contributed by atoms with Gasteiger partial charge < -0.3 is 9.88 Å². The number of amides is 1. The van der Waals surface area contributed by atoms with Gasteiger partial charge >= 0.3 is 0 Å². The Bertz CT molecular complexity index is 354. The first kappa shape index (κ1) is 10.0. The second-order valence-electron chi connectivity index (χ2n) is 3.82. The fourth-order valence-electron chi connectivity index (χ4n) is 2.14. The van der Waals surface area contributed by atoms with Crippen LogP contribution in [0.15, 0.2) is 30.5 Å². The van der Waals surface area contributed by atoms with Crippen molar-refractivity contribution < 1.29 is 4.79 Å². The maximum Gasteiger partial charge on any atom is 0.246 e. The monoisotopic (exact) mass is 204 g/mol. The molecule has 1 aliphatic heterocycles. The van der Waals surface area contributed by atoms with Gasteiger partial charge in [0.25, 0.3) is 0 Å². The van der Waals surface area contributed by atoms with Crippen molar-refractivity contribution in [2.45, 2.75) is 25.8 Å². The predicted octanol–water partition coefficient (Wildman–Crippen LogP) is 2.25. The summed E-state index contributed by atoms with van der Waals surface area (Å²) in [6.07, 6.45) is 7.50. The van der Waals surface area contributed by atoms with E-state index < -0.39 is 0 Å². The van der Waals surface area contributed by atoms with Crippen LogP contribution in [0.5, 0.6) is 0 Å². The van der Waals surface area contributed by atoms with E-state index in [-0.39, 0.29) is 11.9 Å². The zero-order valence-electron chi connectivity index (χ0n) is 8.94. The average Bonchev–Trinajstić information content (AvgIpc) is 2.88. The van der Waals surface area contributed by atoms with E-state index in [2.05, 4.69) is 4.98 Å². The minimum Gasteiger partial charge on any atom is -0.363 e. The van der Waals surface area contributed by atoms with E-state index in [9.17, 15) is 4.79 Å². The average molecular weight is 204 g/mol. The Balaban J connectivity index is 2.15. The van der Waals surface area contributed by atoms with Gasteiger partial charge in [-0.2, -0.15) is 0 Å². The van der Waals surface area contributed by atoms with Crippen molar-refractivity contribution in [1.29, 1.82) is 0 Å². The molecule has 0 aliphatic carbocycles. The molecule has 1 fully saturated rings. The van der Waals surface area contributed by atoms with Crippen LogP contribution >= 0.6 is 0 Å². The third-order valence-electron chi connectivity index (χ3n) is 2.83. The third kappa shape index (κ3) is 1.96. The summed E-state index contributed by atoms with van der Waals surface area (Å²) in [5, 5.41) is 0. The molecular weight excluding hydrogens is 188 g/mol. The van der Waals surface area contributed by atoms with Crippen molar-refractivity contribution in [3.8, 4) is 0 Å². The molecule has 1 unspecified atom stereocenters. The van der Waals surface area contributed by atoms with Gasteiger partial charge in [0.05, 0.1) is 6.04 Å². The maximum absolute atomic E-state index is 11.8. The highest BCUT2D eigenvalue weighted by Crippen LogP contribution is 2.30. The molecule has 1 saturated heterocycles. The number of nitrogens with zero attached hydrogens (tertiary/aromatic N) is 1. The Hall–Kier alpha value is -1.51. The van der Waals surface area contributed by atoms with E-state index >= 15 is 0 Å². The first-order valence-electron chi connectivity index (χ1n) is 5.39. The van der Waals surface area contributed by atoms with Gasteiger partial charge in [-0.1, -0.05) is 6.08 Å². The highest BCUT2D eigenvalue weighted by Gasteiger charge is 2.28. The molecular formula is C12H16N2O. The molecule has 3 heteroatoms. The van der Waals surface area contributed by atoms with Crippen LogP contribution in [-0.2, 0) is 4.79 Å². The number of H-pyrrole nitrogens is 1. The molecule has 0 spiro atoms. The molecule has 0 saturated carbocycles. The first-order chi connectivity index (χ1) is 7.33. The van der Waals surface area contributed by atoms with Crippen LogP contribution in [0.2, 0.25) is 0 Å². The Kier molecular flexibility index (Phi) is 2.90. The van der Waals surface area contributed by atoms with Crippen molar-refractivity contribution in [2.24, 2.45) is 0 Å². The molecule has 15 heavy (non-hydrogen) atoms. The van der Waals surface area contributed by atoms with Crippen LogP contribution in [0, 0.1) is 0 Å². The fraction of sp³-hybridized carbons (Fsp3) is 0.417. The van der Waals surface area contributed by atoms with Crippen molar-refractivity contribution in [2.75, 3.05) is 6.54 Å². The minimum atomic E-state index is 0.120. The Labute approximate surface area is 89.8 Å². The summed E-state index contributed by atoms with van der Waals surface area (Å²) in [7, 11) is 0. The topological polar surface area (TPSA) is 36.1 Å². The number of aromatic nitrogens is 1. The lowest BCUT2D eigenvalue weighted by Gasteiger charge is -2.22. The van der Waals surface area contributed by atoms with Gasteiger partial charge in [0, 0.05) is 18.4 Å². The van der Waals surface area contributed by atoms with Gasteiger partial charge in [-0.15, -0.1) is 0 Å². The quantitative estimate of drug-likeness (QED) is 0.737. The normalized spacial score (nSPS) is 21.4. The van der Waals surface area contributed by atoms with Crippen LogP contribution in [0.25, 0.3) is 0 Å². The SMILES string of the molecule is CC=CC(=O)N1CCCC1c1ccc[nH]1. The molecule has 0 radical (unpaired) electrons. The van der Waals surface area contributed by atoms with Crippen molar-refractivity contribution >= 4 is 5.91 Å². The summed E-state index contributed by atoms with van der Waals surface area (Å²) >= 11 is 0. The van der Waals surface area contributed by atoms with Gasteiger partial charge in [-0.05, 0) is 38.0 Å². The fourth-order valence-corrected chi connectivity index (χ4v) is 2.14. The summed E-state index contributed by atoms with van der Waals surface area (Å²) in [6, 6.07) is 4.27. The molecule has 2 heterocycles. The number of hydrogen-bond acceptors (Lipinski definition) is 1. The summed E-state index contributed by atoms with van der Waals surface area (Å²) < 4.78 is 0. The Morgan fingerprint density at radius 2 is 2.53 bits per heavy atom. The number of carbonyl (C=O) groups excluding carboxylic acids is 1. The van der Waals surface area contributed by atoms with Gasteiger partial charge in [-0.25, -0.2) is 0 Å². The lowest BCUT2D eigenvalue weighted by atomic mass is 10.1. The molecule has 3 nitrogen and oxygen atoms in total. The Morgan fingerprint density at radius 1 is 1.67 bits per heavy atom. The summed E-state index contributed by atoms with van der Waals surface area (Å²) in [5.74, 6) is 0.120. The van der Waals surface area contributed by atoms with Crippen LogP contribution in [0.3, 0.4) is 0 Å². The van der Waals surface area contributed by atoms with E-state index in [0.29, 0.717) is 0 Å². The third-order valence-corrected chi connectivity index (χ3v) is 2.83. The molecule has 80 valence electrons. The van der Waals surface area contributed by atoms with Crippen molar-refractivity contribution in [3.05, 3.63) is 36.2 Å². The molecule has 2 rings (SSSR count). The van der Waals surface area contributed by atoms with Crippen molar-refractivity contribution in [1.82, 2.24) is 9.88 Å². The van der Waals surface area contributed by atoms with Gasteiger partial charge in [0.1, 0.15) is 0 Å². The van der Waals surface area contributed by atoms with E-state index in [1.165, 1.54) is 0 Å². The zero-order valence-corrected chi connectivity index (χ0v) is 8.94. The first-order valence-corrected chi connectivity index (χ1v) is 5.39. The highest BCUT2D eigenvalue weighted by molar-refractivity contribution is 5.88. The van der Waals surface area contributed by atoms with E-state index in [1.807, 2.05) is 30.2 Å². The second-order valence-corrected chi connectivity index (χ2v) is 3.82. The maximum atomic E-state index is 11.8. The largest absolute Gasteiger partial charge is 0.363 e. The number of carbonyl (C=O) groups is 1. The van der Waals surface area contributed by atoms with Crippen LogP contribution in [-0.4, -0.2) is 22.3 Å². The number of nitrogens with one attached hydrogen (secondary N) is 1. The van der Waals surface area contributed by atoms with Crippen molar-refractivity contribution in [3.63, 3.8) is 0 Å². The molecule has 1 aromatic rings. The van der Waals surface area contributed by atoms with Gasteiger partial charge in [-0.3, -0.25) is 4.79 Å². The predicted molar refractivity (Wildman–Crippen MR) is 59.3 cm³/mol. The molecule has 1 aliphatic rings. The van der Waals surface area contributed by atoms with E-state index in [4.69, 9.17) is 0 Å². The summed E-state index contributed by atoms with van der Waals surface area (Å²) in [5.41, 5.74) is 1.14. The number of likely N-dealkylation sites (tertiary alicyclic amines) is 1. The van der Waals surface area contributed by atoms with Crippen LogP contribution < -0.4 is 0 Å². The summed E-state index contributed by atoms with van der Waals surface area (Å²) in [4.78, 5) is 16.9. The molecule has 1 atom stereocenters. The molecule has 0 bridgehead atoms. The number of rotatable bonds is 2. The smallest absolute Gasteiger partial charge is 0.246 e. The Morgan fingerprint density at radius 3 is 3.20 bits per heavy atom. The lowest BCUT2D eigenvalue weighted by molar-refractivity contribution is -0.127. The van der Waals surface area contributed by atoms with Gasteiger partial charge in [0.15, 0.2) is 0 Å². The number of aromatic amines is 1. The molecule has 1 N–H and O–H groups in total. The number of hydrogen-bond donors (Lipinski definition) is 1. The number of allylic oxidation sites excluding steroid dienone is 1. The van der Waals surface area contributed by atoms with E-state index in [1.54, 1.807) is 12.2 Å². The molecule has 1 aromatic heterocycles. The zero-order chi connectivity index (χ0) is 10.7. The van der Waals surface area contributed by atoms with Crippen LogP contribution in [0.1, 0.15) is 31.5 Å². The molecule has 1 amide bonds.